The number of sulfonamides is 1. The highest BCUT2D eigenvalue weighted by atomic mass is 32.2. The minimum absolute atomic E-state index is 0.0491. The quantitative estimate of drug-likeness (QED) is 0.555. The first-order chi connectivity index (χ1) is 13.1. The summed E-state index contributed by atoms with van der Waals surface area (Å²) in [6.45, 7) is 1.36. The highest BCUT2D eigenvalue weighted by Crippen LogP contribution is 2.17. The Hall–Kier alpha value is -2.82. The largest absolute Gasteiger partial charge is 0.449 e. The maximum atomic E-state index is 12.9. The van der Waals surface area contributed by atoms with Gasteiger partial charge in [0.25, 0.3) is 15.9 Å². The molecule has 2 rings (SSSR count). The van der Waals surface area contributed by atoms with E-state index in [9.17, 15) is 22.4 Å². The SMILES string of the molecule is CON(C)S(=O)(=O)c1cccc(C(=O)O[C@@H](C)C(=O)Nc2ccc(F)cc2)c1. The van der Waals surface area contributed by atoms with Gasteiger partial charge in [-0.1, -0.05) is 10.5 Å². The smallest absolute Gasteiger partial charge is 0.338 e. The predicted molar refractivity (Wildman–Crippen MR) is 98.3 cm³/mol. The molecule has 0 radical (unpaired) electrons. The van der Waals surface area contributed by atoms with Crippen LogP contribution in [0.25, 0.3) is 0 Å². The van der Waals surface area contributed by atoms with Crippen LogP contribution in [0, 0.1) is 5.82 Å². The molecule has 1 N–H and O–H groups in total. The minimum atomic E-state index is -3.94. The fourth-order valence-electron chi connectivity index (χ4n) is 2.09. The van der Waals surface area contributed by atoms with E-state index in [-0.39, 0.29) is 10.5 Å². The number of rotatable bonds is 7. The minimum Gasteiger partial charge on any atom is -0.449 e. The maximum Gasteiger partial charge on any atom is 0.338 e. The summed E-state index contributed by atoms with van der Waals surface area (Å²) in [5.41, 5.74) is 0.289. The number of amides is 1. The molecule has 0 aromatic heterocycles. The van der Waals surface area contributed by atoms with Gasteiger partial charge in [-0.3, -0.25) is 9.63 Å². The molecular weight excluding hydrogens is 391 g/mol. The molecule has 0 aliphatic carbocycles. The van der Waals surface area contributed by atoms with E-state index in [2.05, 4.69) is 10.2 Å². The molecule has 0 aliphatic heterocycles. The van der Waals surface area contributed by atoms with Crippen LogP contribution in [0.3, 0.4) is 0 Å². The lowest BCUT2D eigenvalue weighted by Gasteiger charge is -2.16. The second-order valence-corrected chi connectivity index (χ2v) is 7.60. The maximum absolute atomic E-state index is 12.9. The number of hydrogen-bond acceptors (Lipinski definition) is 6. The average Bonchev–Trinajstić information content (AvgIpc) is 2.68. The zero-order valence-corrected chi connectivity index (χ0v) is 16.2. The van der Waals surface area contributed by atoms with E-state index in [0.29, 0.717) is 10.2 Å². The van der Waals surface area contributed by atoms with Crippen molar-refractivity contribution in [2.45, 2.75) is 17.9 Å². The van der Waals surface area contributed by atoms with Crippen LogP contribution in [-0.2, 0) is 24.4 Å². The van der Waals surface area contributed by atoms with Crippen LogP contribution in [0.1, 0.15) is 17.3 Å². The van der Waals surface area contributed by atoms with Gasteiger partial charge in [0.05, 0.1) is 17.6 Å². The molecule has 0 aliphatic rings. The molecule has 1 amide bonds. The number of ether oxygens (including phenoxy) is 1. The van der Waals surface area contributed by atoms with E-state index in [1.165, 1.54) is 63.5 Å². The fourth-order valence-corrected chi connectivity index (χ4v) is 3.11. The molecule has 2 aromatic carbocycles. The van der Waals surface area contributed by atoms with Crippen molar-refractivity contribution >= 4 is 27.6 Å². The average molecular weight is 410 g/mol. The third-order valence-electron chi connectivity index (χ3n) is 3.73. The van der Waals surface area contributed by atoms with E-state index in [4.69, 9.17) is 4.74 Å². The molecule has 2 aromatic rings. The molecule has 0 saturated carbocycles. The molecule has 0 fully saturated rings. The van der Waals surface area contributed by atoms with Crippen molar-refractivity contribution in [3.8, 4) is 0 Å². The highest BCUT2D eigenvalue weighted by molar-refractivity contribution is 7.89. The van der Waals surface area contributed by atoms with E-state index < -0.39 is 33.8 Å². The van der Waals surface area contributed by atoms with E-state index >= 15 is 0 Å². The first kappa shape index (κ1) is 21.5. The summed E-state index contributed by atoms with van der Waals surface area (Å²) in [5.74, 6) is -1.95. The Balaban J connectivity index is 2.08. The molecule has 28 heavy (non-hydrogen) atoms. The lowest BCUT2D eigenvalue weighted by molar-refractivity contribution is -0.123. The number of carbonyl (C=O) groups is 2. The van der Waals surface area contributed by atoms with Crippen LogP contribution < -0.4 is 5.32 Å². The van der Waals surface area contributed by atoms with Crippen LogP contribution in [0.4, 0.5) is 10.1 Å². The van der Waals surface area contributed by atoms with Crippen molar-refractivity contribution in [1.29, 1.82) is 0 Å². The standard InChI is InChI=1S/C18H19FN2O6S/c1-12(17(22)20-15-9-7-14(19)8-10-15)27-18(23)13-5-4-6-16(11-13)28(24,25)21(2)26-3/h4-12H,1-3H3,(H,20,22)/t12-/m0/s1. The molecule has 150 valence electrons. The summed E-state index contributed by atoms with van der Waals surface area (Å²) in [5, 5.41) is 2.48. The van der Waals surface area contributed by atoms with Gasteiger partial charge in [-0.25, -0.2) is 17.6 Å². The first-order valence-electron chi connectivity index (χ1n) is 8.05. The lowest BCUT2D eigenvalue weighted by Crippen LogP contribution is -2.30. The number of esters is 1. The Kier molecular flexibility index (Phi) is 6.84. The van der Waals surface area contributed by atoms with Crippen molar-refractivity contribution in [2.75, 3.05) is 19.5 Å². The van der Waals surface area contributed by atoms with Gasteiger partial charge >= 0.3 is 5.97 Å². The Bertz CT molecular complexity index is 962. The zero-order chi connectivity index (χ0) is 20.9. The monoisotopic (exact) mass is 410 g/mol. The molecular formula is C18H19FN2O6S. The van der Waals surface area contributed by atoms with Gasteiger partial charge in [0, 0.05) is 12.7 Å². The van der Waals surface area contributed by atoms with Gasteiger partial charge in [0.1, 0.15) is 5.82 Å². The Labute approximate surface area is 161 Å². The number of halogens is 1. The van der Waals surface area contributed by atoms with Crippen LogP contribution in [-0.4, -0.2) is 45.0 Å². The lowest BCUT2D eigenvalue weighted by atomic mass is 10.2. The van der Waals surface area contributed by atoms with Crippen LogP contribution in [0.5, 0.6) is 0 Å². The molecule has 0 heterocycles. The van der Waals surface area contributed by atoms with Gasteiger partial charge in [0.15, 0.2) is 6.10 Å². The second-order valence-electron chi connectivity index (χ2n) is 5.67. The van der Waals surface area contributed by atoms with Crippen molar-refractivity contribution in [2.24, 2.45) is 0 Å². The normalized spacial score (nSPS) is 12.5. The number of nitrogens with one attached hydrogen (secondary N) is 1. The van der Waals surface area contributed by atoms with Gasteiger partial charge in [0.2, 0.25) is 0 Å². The molecule has 10 heteroatoms. The van der Waals surface area contributed by atoms with E-state index in [0.717, 1.165) is 6.07 Å². The molecule has 0 bridgehead atoms. The van der Waals surface area contributed by atoms with Crippen molar-refractivity contribution in [1.82, 2.24) is 4.47 Å². The van der Waals surface area contributed by atoms with Gasteiger partial charge < -0.3 is 10.1 Å². The first-order valence-corrected chi connectivity index (χ1v) is 9.49. The number of hydroxylamine groups is 1. The molecule has 0 saturated heterocycles. The van der Waals surface area contributed by atoms with Crippen molar-refractivity contribution < 1.29 is 32.0 Å². The summed E-state index contributed by atoms with van der Waals surface area (Å²) < 4.78 is 43.1. The number of hydrogen-bond donors (Lipinski definition) is 1. The predicted octanol–water partition coefficient (Wildman–Crippen LogP) is 2.19. The highest BCUT2D eigenvalue weighted by Gasteiger charge is 2.24. The van der Waals surface area contributed by atoms with Gasteiger partial charge in [-0.15, -0.1) is 0 Å². The van der Waals surface area contributed by atoms with Crippen molar-refractivity contribution in [3.63, 3.8) is 0 Å². The Morgan fingerprint density at radius 3 is 2.39 bits per heavy atom. The van der Waals surface area contributed by atoms with Gasteiger partial charge in [-0.05, 0) is 49.4 Å². The number of nitrogens with zero attached hydrogens (tertiary/aromatic N) is 1. The zero-order valence-electron chi connectivity index (χ0n) is 15.4. The van der Waals surface area contributed by atoms with Crippen molar-refractivity contribution in [3.05, 3.63) is 59.9 Å². The molecule has 1 atom stereocenters. The van der Waals surface area contributed by atoms with Crippen LogP contribution >= 0.6 is 0 Å². The third-order valence-corrected chi connectivity index (χ3v) is 5.40. The Morgan fingerprint density at radius 1 is 1.14 bits per heavy atom. The van der Waals surface area contributed by atoms with E-state index in [1.54, 1.807) is 0 Å². The third kappa shape index (κ3) is 5.12. The summed E-state index contributed by atoms with van der Waals surface area (Å²) in [4.78, 5) is 28.9. The van der Waals surface area contributed by atoms with Crippen LogP contribution in [0.15, 0.2) is 53.4 Å². The number of anilines is 1. The number of carbonyl (C=O) groups excluding carboxylic acids is 2. The Morgan fingerprint density at radius 2 is 1.79 bits per heavy atom. The summed E-state index contributed by atoms with van der Waals surface area (Å²) >= 11 is 0. The summed E-state index contributed by atoms with van der Waals surface area (Å²) in [7, 11) is -1.54. The molecule has 8 nitrogen and oxygen atoms in total. The molecule has 0 spiro atoms. The summed E-state index contributed by atoms with van der Waals surface area (Å²) in [6.07, 6.45) is -1.17. The topological polar surface area (TPSA) is 102 Å². The van der Waals surface area contributed by atoms with Gasteiger partial charge in [-0.2, -0.15) is 0 Å². The number of benzene rings is 2. The van der Waals surface area contributed by atoms with E-state index in [1.807, 2.05) is 0 Å². The fraction of sp³-hybridized carbons (Fsp3) is 0.222. The second kappa shape index (κ2) is 8.91. The van der Waals surface area contributed by atoms with Crippen LogP contribution in [0.2, 0.25) is 0 Å². The molecule has 0 unspecified atom stereocenters. The summed E-state index contributed by atoms with van der Waals surface area (Å²) in [6, 6.07) is 10.2.